The van der Waals surface area contributed by atoms with Gasteiger partial charge in [0.05, 0.1) is 19.0 Å². The molecule has 0 spiro atoms. The van der Waals surface area contributed by atoms with Gasteiger partial charge in [-0.15, -0.1) is 0 Å². The summed E-state index contributed by atoms with van der Waals surface area (Å²) in [5.74, 6) is -0.874. The van der Waals surface area contributed by atoms with E-state index in [2.05, 4.69) is 16.5 Å². The highest BCUT2D eigenvalue weighted by Gasteiger charge is 2.10. The van der Waals surface area contributed by atoms with E-state index in [1.165, 1.54) is 31.5 Å². The second-order valence-corrected chi connectivity index (χ2v) is 3.50. The third kappa shape index (κ3) is 2.20. The maximum absolute atomic E-state index is 13.6. The minimum atomic E-state index is -0.566. The number of aromatic nitrogens is 2. The summed E-state index contributed by atoms with van der Waals surface area (Å²) >= 11 is 0. The summed E-state index contributed by atoms with van der Waals surface area (Å²) in [4.78, 5) is 7.56. The number of nitrogens with zero attached hydrogens (tertiary/aromatic N) is 2. The fourth-order valence-corrected chi connectivity index (χ4v) is 1.50. The fraction of sp³-hybridized carbons (Fsp3) is 0.0769. The molecular formula is C13H10F2N2O. The molecular weight excluding hydrogens is 238 g/mol. The van der Waals surface area contributed by atoms with Crippen LogP contribution in [0, 0.1) is 11.6 Å². The van der Waals surface area contributed by atoms with Crippen molar-refractivity contribution < 1.29 is 13.5 Å². The standard InChI is InChI=1S/C13H10F2N2O/c1-3-12-10(14)4-8(6-16-12)9-5-13(18-2)17-7-11(9)15/h3-7H,1H2,2H3. The molecule has 0 bridgehead atoms. The average Bonchev–Trinajstić information content (AvgIpc) is 2.39. The van der Waals surface area contributed by atoms with E-state index in [1.807, 2.05) is 0 Å². The van der Waals surface area contributed by atoms with Gasteiger partial charge in [-0.05, 0) is 12.1 Å². The second-order valence-electron chi connectivity index (χ2n) is 3.50. The van der Waals surface area contributed by atoms with Gasteiger partial charge in [0.25, 0.3) is 0 Å². The number of hydrogen-bond acceptors (Lipinski definition) is 3. The van der Waals surface area contributed by atoms with Crippen LogP contribution in [0.2, 0.25) is 0 Å². The molecule has 0 aliphatic rings. The van der Waals surface area contributed by atoms with Gasteiger partial charge in [0, 0.05) is 23.4 Å². The van der Waals surface area contributed by atoms with E-state index in [0.717, 1.165) is 6.20 Å². The summed E-state index contributed by atoms with van der Waals surface area (Å²) in [6.07, 6.45) is 3.69. The molecule has 2 aromatic rings. The van der Waals surface area contributed by atoms with Gasteiger partial charge >= 0.3 is 0 Å². The highest BCUT2D eigenvalue weighted by molar-refractivity contribution is 5.65. The van der Waals surface area contributed by atoms with Gasteiger partial charge in [-0.2, -0.15) is 0 Å². The summed E-state index contributed by atoms with van der Waals surface area (Å²) in [6.45, 7) is 3.43. The summed E-state index contributed by atoms with van der Waals surface area (Å²) < 4.78 is 32.1. The zero-order valence-electron chi connectivity index (χ0n) is 9.65. The molecule has 0 aliphatic carbocycles. The molecule has 2 aromatic heterocycles. The van der Waals surface area contributed by atoms with Crippen molar-refractivity contribution in [2.24, 2.45) is 0 Å². The monoisotopic (exact) mass is 248 g/mol. The molecule has 0 atom stereocenters. The Labute approximate surface area is 103 Å². The SMILES string of the molecule is C=Cc1ncc(-c2cc(OC)ncc2F)cc1F. The van der Waals surface area contributed by atoms with Crippen LogP contribution in [0.15, 0.2) is 31.1 Å². The Hall–Kier alpha value is -2.30. The maximum Gasteiger partial charge on any atom is 0.213 e. The predicted octanol–water partition coefficient (Wildman–Crippen LogP) is 3.07. The first kappa shape index (κ1) is 12.2. The van der Waals surface area contributed by atoms with Gasteiger partial charge in [-0.1, -0.05) is 6.58 Å². The van der Waals surface area contributed by atoms with Gasteiger partial charge in [0.15, 0.2) is 0 Å². The van der Waals surface area contributed by atoms with Crippen molar-refractivity contribution in [3.8, 4) is 17.0 Å². The number of halogens is 2. The van der Waals surface area contributed by atoms with E-state index in [0.29, 0.717) is 5.56 Å². The number of hydrogen-bond donors (Lipinski definition) is 0. The van der Waals surface area contributed by atoms with Gasteiger partial charge in [-0.25, -0.2) is 13.8 Å². The molecule has 0 amide bonds. The van der Waals surface area contributed by atoms with Crippen LogP contribution in [0.1, 0.15) is 5.69 Å². The van der Waals surface area contributed by atoms with Gasteiger partial charge < -0.3 is 4.74 Å². The molecule has 18 heavy (non-hydrogen) atoms. The van der Waals surface area contributed by atoms with Gasteiger partial charge in [0.1, 0.15) is 11.6 Å². The lowest BCUT2D eigenvalue weighted by molar-refractivity contribution is 0.396. The fourth-order valence-electron chi connectivity index (χ4n) is 1.50. The number of ether oxygens (including phenoxy) is 1. The Bertz CT molecular complexity index is 600. The summed E-state index contributed by atoms with van der Waals surface area (Å²) in [5, 5.41) is 0. The Morgan fingerprint density at radius 2 is 1.94 bits per heavy atom. The first-order valence-electron chi connectivity index (χ1n) is 5.13. The average molecular weight is 248 g/mol. The molecule has 0 saturated heterocycles. The van der Waals surface area contributed by atoms with E-state index in [9.17, 15) is 8.78 Å². The molecule has 92 valence electrons. The summed E-state index contributed by atoms with van der Waals surface area (Å²) in [5.41, 5.74) is 0.625. The van der Waals surface area contributed by atoms with E-state index in [1.54, 1.807) is 0 Å². The van der Waals surface area contributed by atoms with Crippen LogP contribution in [0.25, 0.3) is 17.2 Å². The van der Waals surface area contributed by atoms with Crippen LogP contribution in [0.5, 0.6) is 5.88 Å². The molecule has 3 nitrogen and oxygen atoms in total. The Morgan fingerprint density at radius 3 is 2.56 bits per heavy atom. The van der Waals surface area contributed by atoms with Gasteiger partial charge in [-0.3, -0.25) is 4.98 Å². The Morgan fingerprint density at radius 1 is 1.17 bits per heavy atom. The van der Waals surface area contributed by atoms with Crippen molar-refractivity contribution in [2.75, 3.05) is 7.11 Å². The van der Waals surface area contributed by atoms with E-state index >= 15 is 0 Å². The molecule has 0 saturated carbocycles. The molecule has 0 radical (unpaired) electrons. The van der Waals surface area contributed by atoms with Crippen LogP contribution in [0.3, 0.4) is 0 Å². The van der Waals surface area contributed by atoms with Crippen molar-refractivity contribution >= 4 is 6.08 Å². The Balaban J connectivity index is 2.54. The quantitative estimate of drug-likeness (QED) is 0.837. The molecule has 0 N–H and O–H groups in total. The third-order valence-corrected chi connectivity index (χ3v) is 2.41. The molecule has 0 unspecified atom stereocenters. The molecule has 0 aliphatic heterocycles. The summed E-state index contributed by atoms with van der Waals surface area (Å²) in [7, 11) is 1.42. The van der Waals surface area contributed by atoms with E-state index < -0.39 is 11.6 Å². The number of pyridine rings is 2. The molecule has 2 rings (SSSR count). The first-order chi connectivity index (χ1) is 8.65. The zero-order chi connectivity index (χ0) is 13.1. The zero-order valence-corrected chi connectivity index (χ0v) is 9.65. The maximum atomic E-state index is 13.6. The highest BCUT2D eigenvalue weighted by Crippen LogP contribution is 2.26. The highest BCUT2D eigenvalue weighted by atomic mass is 19.1. The van der Waals surface area contributed by atoms with Crippen molar-refractivity contribution in [1.82, 2.24) is 9.97 Å². The van der Waals surface area contributed by atoms with Crippen LogP contribution in [0.4, 0.5) is 8.78 Å². The second kappa shape index (κ2) is 4.91. The minimum absolute atomic E-state index is 0.125. The van der Waals surface area contributed by atoms with Crippen LogP contribution < -0.4 is 4.74 Å². The van der Waals surface area contributed by atoms with Crippen LogP contribution >= 0.6 is 0 Å². The summed E-state index contributed by atoms with van der Waals surface area (Å²) in [6, 6.07) is 2.58. The third-order valence-electron chi connectivity index (χ3n) is 2.41. The van der Waals surface area contributed by atoms with E-state index in [4.69, 9.17) is 4.74 Å². The normalized spacial score (nSPS) is 10.2. The van der Waals surface area contributed by atoms with E-state index in [-0.39, 0.29) is 17.1 Å². The van der Waals surface area contributed by atoms with Crippen molar-refractivity contribution in [3.63, 3.8) is 0 Å². The smallest absolute Gasteiger partial charge is 0.213 e. The predicted molar refractivity (Wildman–Crippen MR) is 64.0 cm³/mol. The molecule has 0 aromatic carbocycles. The largest absolute Gasteiger partial charge is 0.481 e. The number of rotatable bonds is 3. The first-order valence-corrected chi connectivity index (χ1v) is 5.13. The van der Waals surface area contributed by atoms with Crippen molar-refractivity contribution in [2.45, 2.75) is 0 Å². The Kier molecular flexibility index (Phi) is 3.32. The topological polar surface area (TPSA) is 35.0 Å². The van der Waals surface area contributed by atoms with Crippen LogP contribution in [-0.2, 0) is 0 Å². The van der Waals surface area contributed by atoms with Crippen LogP contribution in [-0.4, -0.2) is 17.1 Å². The van der Waals surface area contributed by atoms with Crippen molar-refractivity contribution in [3.05, 3.63) is 48.4 Å². The molecule has 5 heteroatoms. The molecule has 2 heterocycles. The molecule has 0 fully saturated rings. The lowest BCUT2D eigenvalue weighted by atomic mass is 10.1. The lowest BCUT2D eigenvalue weighted by Crippen LogP contribution is -1.94. The van der Waals surface area contributed by atoms with Crippen molar-refractivity contribution in [1.29, 1.82) is 0 Å². The lowest BCUT2D eigenvalue weighted by Gasteiger charge is -2.06. The minimum Gasteiger partial charge on any atom is -0.481 e. The van der Waals surface area contributed by atoms with Gasteiger partial charge in [0.2, 0.25) is 5.88 Å². The number of methoxy groups -OCH3 is 1.